The van der Waals surface area contributed by atoms with Gasteiger partial charge >= 0.3 is 6.03 Å². The molecule has 8 heteroatoms. The minimum absolute atomic E-state index is 0.116. The number of nitrogens with zero attached hydrogens (tertiary/aromatic N) is 4. The van der Waals surface area contributed by atoms with Crippen molar-refractivity contribution < 1.29 is 4.79 Å². The maximum atomic E-state index is 13.0. The Morgan fingerprint density at radius 1 is 1.28 bits per heavy atom. The molecule has 1 aromatic heterocycles. The summed E-state index contributed by atoms with van der Waals surface area (Å²) in [5.41, 5.74) is 0.433. The van der Waals surface area contributed by atoms with Crippen molar-refractivity contribution in [3.8, 4) is 0 Å². The van der Waals surface area contributed by atoms with Crippen molar-refractivity contribution in [3.05, 3.63) is 39.4 Å². The minimum Gasteiger partial charge on any atom is -0.338 e. The first kappa shape index (κ1) is 23.2. The molecule has 0 fully saturated rings. The molecule has 0 spiro atoms. The molecule has 0 saturated carbocycles. The van der Waals surface area contributed by atoms with Crippen LogP contribution >= 0.6 is 11.6 Å². The molecule has 1 aromatic carbocycles. The van der Waals surface area contributed by atoms with E-state index < -0.39 is 0 Å². The lowest BCUT2D eigenvalue weighted by atomic mass is 10.2. The van der Waals surface area contributed by atoms with Crippen LogP contribution in [0.5, 0.6) is 0 Å². The Balaban J connectivity index is 2.47. The first-order chi connectivity index (χ1) is 13.8. The summed E-state index contributed by atoms with van der Waals surface area (Å²) in [6.45, 7) is 8.25. The van der Waals surface area contributed by atoms with Gasteiger partial charge in [-0.05, 0) is 52.6 Å². The van der Waals surface area contributed by atoms with Crippen molar-refractivity contribution in [2.75, 3.05) is 33.7 Å². The van der Waals surface area contributed by atoms with Crippen molar-refractivity contribution in [3.63, 3.8) is 0 Å². The maximum Gasteiger partial charge on any atom is 0.318 e. The fourth-order valence-electron chi connectivity index (χ4n) is 3.23. The third-order valence-corrected chi connectivity index (χ3v) is 5.19. The fraction of sp³-hybridized carbons (Fsp3) is 0.571. The molecule has 0 aliphatic heterocycles. The highest BCUT2D eigenvalue weighted by Gasteiger charge is 2.26. The molecular formula is C21H32ClN5O2. The molecule has 160 valence electrons. The highest BCUT2D eigenvalue weighted by molar-refractivity contribution is 6.31. The summed E-state index contributed by atoms with van der Waals surface area (Å²) >= 11 is 6.12. The fourth-order valence-corrected chi connectivity index (χ4v) is 3.39. The number of urea groups is 1. The van der Waals surface area contributed by atoms with Crippen LogP contribution in [0.15, 0.2) is 23.0 Å². The van der Waals surface area contributed by atoms with Gasteiger partial charge in [-0.3, -0.25) is 9.36 Å². The van der Waals surface area contributed by atoms with Gasteiger partial charge in [-0.2, -0.15) is 0 Å². The lowest BCUT2D eigenvalue weighted by Crippen LogP contribution is -2.46. The molecule has 0 aliphatic carbocycles. The van der Waals surface area contributed by atoms with E-state index in [1.165, 1.54) is 0 Å². The van der Waals surface area contributed by atoms with E-state index in [9.17, 15) is 9.59 Å². The monoisotopic (exact) mass is 421 g/mol. The van der Waals surface area contributed by atoms with Gasteiger partial charge in [-0.1, -0.05) is 24.9 Å². The van der Waals surface area contributed by atoms with Crippen LogP contribution in [0.25, 0.3) is 10.9 Å². The lowest BCUT2D eigenvalue weighted by Gasteiger charge is -2.31. The standard InChI is InChI=1S/C21H32ClN5O2/c1-6-8-11-23-21(29)27(13-12-25(4)5)15(3)19-24-18-14-16(22)9-10-17(18)20(28)26(19)7-2/h9-10,14-15H,6-8,11-13H2,1-5H3,(H,23,29). The van der Waals surface area contributed by atoms with Gasteiger partial charge in [0.2, 0.25) is 0 Å². The number of hydrogen-bond donors (Lipinski definition) is 1. The predicted octanol–water partition coefficient (Wildman–Crippen LogP) is 3.50. The molecule has 2 rings (SSSR count). The third-order valence-electron chi connectivity index (χ3n) is 4.96. The molecule has 0 saturated heterocycles. The summed E-state index contributed by atoms with van der Waals surface area (Å²) in [4.78, 5) is 34.4. The number of amides is 2. The van der Waals surface area contributed by atoms with Crippen LogP contribution in [0.4, 0.5) is 4.79 Å². The van der Waals surface area contributed by atoms with Crippen molar-refractivity contribution in [2.24, 2.45) is 0 Å². The van der Waals surface area contributed by atoms with E-state index in [0.29, 0.717) is 47.9 Å². The van der Waals surface area contributed by atoms with Crippen LogP contribution < -0.4 is 10.9 Å². The van der Waals surface area contributed by atoms with Crippen LogP contribution in [0.3, 0.4) is 0 Å². The predicted molar refractivity (Wildman–Crippen MR) is 119 cm³/mol. The second kappa shape index (κ2) is 10.6. The van der Waals surface area contributed by atoms with Gasteiger partial charge in [0, 0.05) is 31.2 Å². The highest BCUT2D eigenvalue weighted by Crippen LogP contribution is 2.22. The van der Waals surface area contributed by atoms with E-state index in [-0.39, 0.29) is 17.6 Å². The zero-order valence-electron chi connectivity index (χ0n) is 18.0. The number of halogens is 1. The topological polar surface area (TPSA) is 70.5 Å². The quantitative estimate of drug-likeness (QED) is 0.629. The van der Waals surface area contributed by atoms with E-state index in [1.807, 2.05) is 32.8 Å². The minimum atomic E-state index is -0.368. The zero-order chi connectivity index (χ0) is 21.6. The molecule has 29 heavy (non-hydrogen) atoms. The van der Waals surface area contributed by atoms with Gasteiger partial charge in [0.1, 0.15) is 5.82 Å². The van der Waals surface area contributed by atoms with Crippen molar-refractivity contribution in [1.29, 1.82) is 0 Å². The van der Waals surface area contributed by atoms with E-state index in [0.717, 1.165) is 12.8 Å². The number of fused-ring (bicyclic) bond motifs is 1. The normalized spacial score (nSPS) is 12.4. The van der Waals surface area contributed by atoms with E-state index >= 15 is 0 Å². The molecule has 7 nitrogen and oxygen atoms in total. The summed E-state index contributed by atoms with van der Waals surface area (Å²) in [5, 5.41) is 4.04. The Kier molecular flexibility index (Phi) is 8.46. The summed E-state index contributed by atoms with van der Waals surface area (Å²) in [7, 11) is 3.94. The third kappa shape index (κ3) is 5.70. The van der Waals surface area contributed by atoms with Gasteiger partial charge in [0.05, 0.1) is 16.9 Å². The summed E-state index contributed by atoms with van der Waals surface area (Å²) < 4.78 is 1.64. The van der Waals surface area contributed by atoms with Crippen molar-refractivity contribution in [2.45, 2.75) is 46.2 Å². The Labute approximate surface area is 177 Å². The molecule has 1 unspecified atom stereocenters. The lowest BCUT2D eigenvalue weighted by molar-refractivity contribution is 0.167. The summed E-state index contributed by atoms with van der Waals surface area (Å²) in [6, 6.07) is 4.58. The first-order valence-electron chi connectivity index (χ1n) is 10.2. The number of carbonyl (C=O) groups is 1. The van der Waals surface area contributed by atoms with Crippen LogP contribution in [0, 0.1) is 0 Å². The molecule has 2 amide bonds. The number of likely N-dealkylation sites (N-methyl/N-ethyl adjacent to an activating group) is 1. The molecule has 1 atom stereocenters. The van der Waals surface area contributed by atoms with Gasteiger partial charge in [0.15, 0.2) is 0 Å². The van der Waals surface area contributed by atoms with Crippen LogP contribution in [0.1, 0.15) is 45.5 Å². The number of rotatable bonds is 9. The number of nitrogens with one attached hydrogen (secondary N) is 1. The van der Waals surface area contributed by atoms with E-state index in [2.05, 4.69) is 12.2 Å². The molecule has 0 radical (unpaired) electrons. The van der Waals surface area contributed by atoms with Gasteiger partial charge < -0.3 is 15.1 Å². The summed E-state index contributed by atoms with van der Waals surface area (Å²) in [6.07, 6.45) is 1.93. The smallest absolute Gasteiger partial charge is 0.318 e. The second-order valence-corrected chi connectivity index (χ2v) is 7.88. The number of aromatic nitrogens is 2. The molecule has 1 N–H and O–H groups in total. The molecule has 2 aromatic rings. The number of benzene rings is 1. The molecule has 0 aliphatic rings. The Hall–Kier alpha value is -2.12. The number of hydrogen-bond acceptors (Lipinski definition) is 4. The van der Waals surface area contributed by atoms with Crippen molar-refractivity contribution >= 4 is 28.5 Å². The largest absolute Gasteiger partial charge is 0.338 e. The SMILES string of the molecule is CCCCNC(=O)N(CCN(C)C)C(C)c1nc2cc(Cl)ccc2c(=O)n1CC. The maximum absolute atomic E-state index is 13.0. The molecule has 0 bridgehead atoms. The molecule has 1 heterocycles. The van der Waals surface area contributed by atoms with E-state index in [4.69, 9.17) is 16.6 Å². The van der Waals surface area contributed by atoms with Gasteiger partial charge in [-0.15, -0.1) is 0 Å². The van der Waals surface area contributed by atoms with Gasteiger partial charge in [0.25, 0.3) is 5.56 Å². The van der Waals surface area contributed by atoms with Crippen LogP contribution in [0.2, 0.25) is 5.02 Å². The van der Waals surface area contributed by atoms with E-state index in [1.54, 1.807) is 27.7 Å². The number of unbranched alkanes of at least 4 members (excludes halogenated alkanes) is 1. The van der Waals surface area contributed by atoms with Crippen LogP contribution in [-0.2, 0) is 6.54 Å². The van der Waals surface area contributed by atoms with Crippen molar-refractivity contribution in [1.82, 2.24) is 24.7 Å². The first-order valence-corrected chi connectivity index (χ1v) is 10.6. The Bertz CT molecular complexity index is 897. The van der Waals surface area contributed by atoms with Crippen LogP contribution in [-0.4, -0.2) is 59.1 Å². The Morgan fingerprint density at radius 3 is 2.62 bits per heavy atom. The second-order valence-electron chi connectivity index (χ2n) is 7.44. The highest BCUT2D eigenvalue weighted by atomic mass is 35.5. The number of carbonyl (C=O) groups excluding carboxylic acids is 1. The molecular weight excluding hydrogens is 390 g/mol. The average Bonchev–Trinajstić information content (AvgIpc) is 2.67. The summed E-state index contributed by atoms with van der Waals surface area (Å²) in [5.74, 6) is 0.566. The zero-order valence-corrected chi connectivity index (χ0v) is 18.8. The Morgan fingerprint density at radius 2 is 2.00 bits per heavy atom. The average molecular weight is 422 g/mol. The van der Waals surface area contributed by atoms with Gasteiger partial charge in [-0.25, -0.2) is 9.78 Å².